The van der Waals surface area contributed by atoms with E-state index in [1.165, 1.54) is 4.90 Å². The van der Waals surface area contributed by atoms with Crippen molar-refractivity contribution >= 4 is 12.0 Å². The average molecular weight is 258 g/mol. The van der Waals surface area contributed by atoms with E-state index >= 15 is 0 Å². The molecule has 0 fully saturated rings. The summed E-state index contributed by atoms with van der Waals surface area (Å²) in [4.78, 5) is 24.0. The van der Waals surface area contributed by atoms with Crippen molar-refractivity contribution in [1.82, 2.24) is 10.2 Å². The molecule has 106 valence electrons. The molecule has 1 unspecified atom stereocenters. The number of aliphatic carboxylic acids is 1. The summed E-state index contributed by atoms with van der Waals surface area (Å²) in [5.41, 5.74) is 0. The number of carboxylic acids is 1. The Morgan fingerprint density at radius 2 is 1.89 bits per heavy atom. The van der Waals surface area contributed by atoms with E-state index in [-0.39, 0.29) is 24.5 Å². The van der Waals surface area contributed by atoms with Gasteiger partial charge in [0.1, 0.15) is 6.54 Å². The van der Waals surface area contributed by atoms with Gasteiger partial charge in [-0.15, -0.1) is 0 Å². The minimum Gasteiger partial charge on any atom is -0.480 e. The molecular weight excluding hydrogens is 232 g/mol. The first kappa shape index (κ1) is 16.7. The third-order valence-electron chi connectivity index (χ3n) is 2.56. The van der Waals surface area contributed by atoms with Crippen LogP contribution in [-0.2, 0) is 4.79 Å². The van der Waals surface area contributed by atoms with Gasteiger partial charge in [0.15, 0.2) is 0 Å². The quantitative estimate of drug-likeness (QED) is 0.702. The number of rotatable bonds is 8. The molecule has 5 heteroatoms. The van der Waals surface area contributed by atoms with Gasteiger partial charge in [-0.2, -0.15) is 0 Å². The van der Waals surface area contributed by atoms with Crippen molar-refractivity contribution in [2.24, 2.45) is 5.92 Å². The number of unbranched alkanes of at least 4 members (excludes halogenated alkanes) is 1. The van der Waals surface area contributed by atoms with Gasteiger partial charge in [-0.3, -0.25) is 4.79 Å². The molecule has 2 N–H and O–H groups in total. The minimum absolute atomic E-state index is 0.0842. The van der Waals surface area contributed by atoms with Crippen molar-refractivity contribution in [3.05, 3.63) is 0 Å². The van der Waals surface area contributed by atoms with Crippen LogP contribution in [0.1, 0.15) is 47.0 Å². The monoisotopic (exact) mass is 258 g/mol. The molecule has 18 heavy (non-hydrogen) atoms. The average Bonchev–Trinajstić information content (AvgIpc) is 2.24. The second-order valence-electron chi connectivity index (χ2n) is 5.16. The van der Waals surface area contributed by atoms with E-state index in [9.17, 15) is 9.59 Å². The Kier molecular flexibility index (Phi) is 8.16. The van der Waals surface area contributed by atoms with E-state index in [0.29, 0.717) is 6.54 Å². The van der Waals surface area contributed by atoms with Gasteiger partial charge in [-0.25, -0.2) is 4.79 Å². The summed E-state index contributed by atoms with van der Waals surface area (Å²) in [5, 5.41) is 11.6. The molecule has 0 rings (SSSR count). The van der Waals surface area contributed by atoms with Crippen molar-refractivity contribution in [1.29, 1.82) is 0 Å². The van der Waals surface area contributed by atoms with Crippen LogP contribution in [0.3, 0.4) is 0 Å². The van der Waals surface area contributed by atoms with Crippen LogP contribution in [0.25, 0.3) is 0 Å². The van der Waals surface area contributed by atoms with Crippen LogP contribution in [0.15, 0.2) is 0 Å². The third-order valence-corrected chi connectivity index (χ3v) is 2.56. The molecule has 0 aliphatic rings. The van der Waals surface area contributed by atoms with E-state index in [1.807, 2.05) is 20.8 Å². The second kappa shape index (κ2) is 8.78. The number of amides is 2. The van der Waals surface area contributed by atoms with Gasteiger partial charge in [0.05, 0.1) is 0 Å². The van der Waals surface area contributed by atoms with E-state index in [2.05, 4.69) is 12.2 Å². The fourth-order valence-electron chi connectivity index (χ4n) is 1.71. The summed E-state index contributed by atoms with van der Waals surface area (Å²) in [6.07, 6.45) is 3.07. The minimum atomic E-state index is -0.980. The van der Waals surface area contributed by atoms with Crippen LogP contribution in [0.5, 0.6) is 0 Å². The largest absolute Gasteiger partial charge is 0.480 e. The Morgan fingerprint density at radius 1 is 1.28 bits per heavy atom. The number of urea groups is 1. The zero-order valence-corrected chi connectivity index (χ0v) is 11.9. The summed E-state index contributed by atoms with van der Waals surface area (Å²) in [7, 11) is 0. The highest BCUT2D eigenvalue weighted by Crippen LogP contribution is 2.03. The van der Waals surface area contributed by atoms with Crippen LogP contribution < -0.4 is 5.32 Å². The van der Waals surface area contributed by atoms with E-state index in [0.717, 1.165) is 19.3 Å². The molecule has 0 saturated carbocycles. The first-order valence-electron chi connectivity index (χ1n) is 6.64. The first-order chi connectivity index (χ1) is 8.36. The van der Waals surface area contributed by atoms with Crippen LogP contribution in [0.2, 0.25) is 0 Å². The van der Waals surface area contributed by atoms with Gasteiger partial charge in [-0.1, -0.05) is 33.6 Å². The Hall–Kier alpha value is -1.26. The normalized spacial score (nSPS) is 12.3. The fraction of sp³-hybridized carbons (Fsp3) is 0.846. The first-order valence-corrected chi connectivity index (χ1v) is 6.64. The van der Waals surface area contributed by atoms with Gasteiger partial charge in [0, 0.05) is 12.6 Å². The number of nitrogens with one attached hydrogen (secondary N) is 1. The zero-order valence-electron chi connectivity index (χ0n) is 11.9. The van der Waals surface area contributed by atoms with Crippen molar-refractivity contribution in [3.63, 3.8) is 0 Å². The maximum Gasteiger partial charge on any atom is 0.323 e. The Bertz CT molecular complexity index is 267. The molecule has 0 aliphatic heterocycles. The Morgan fingerprint density at radius 3 is 2.33 bits per heavy atom. The molecule has 0 heterocycles. The van der Waals surface area contributed by atoms with Crippen LogP contribution >= 0.6 is 0 Å². The molecule has 1 atom stereocenters. The predicted octanol–water partition coefficient (Wildman–Crippen LogP) is 2.32. The zero-order chi connectivity index (χ0) is 14.1. The molecule has 2 amide bonds. The van der Waals surface area contributed by atoms with Gasteiger partial charge in [-0.05, 0) is 19.3 Å². The van der Waals surface area contributed by atoms with Crippen LogP contribution in [-0.4, -0.2) is 41.1 Å². The molecule has 0 aromatic rings. The molecule has 0 saturated heterocycles. The summed E-state index contributed by atoms with van der Waals surface area (Å²) in [6.45, 7) is 8.18. The van der Waals surface area contributed by atoms with E-state index < -0.39 is 5.97 Å². The number of carbonyl (C=O) groups is 2. The lowest BCUT2D eigenvalue weighted by atomic mass is 10.1. The standard InChI is InChI=1S/C13H26N2O3/c1-5-6-7-11(4)14-13(18)15(8-10(2)3)9-12(16)17/h10-11H,5-9H2,1-4H3,(H,14,18)(H,16,17). The van der Waals surface area contributed by atoms with Crippen LogP contribution in [0, 0.1) is 5.92 Å². The molecule has 0 radical (unpaired) electrons. The SMILES string of the molecule is CCCCC(C)NC(=O)N(CC(=O)O)CC(C)C. The van der Waals surface area contributed by atoms with Crippen LogP contribution in [0.4, 0.5) is 4.79 Å². The molecule has 0 bridgehead atoms. The second-order valence-corrected chi connectivity index (χ2v) is 5.16. The molecular formula is C13H26N2O3. The lowest BCUT2D eigenvalue weighted by Crippen LogP contribution is -2.47. The van der Waals surface area contributed by atoms with Gasteiger partial charge in [0.25, 0.3) is 0 Å². The summed E-state index contributed by atoms with van der Waals surface area (Å²) >= 11 is 0. The predicted molar refractivity (Wildman–Crippen MR) is 71.6 cm³/mol. The molecule has 0 spiro atoms. The maximum absolute atomic E-state index is 11.9. The molecule has 0 aliphatic carbocycles. The lowest BCUT2D eigenvalue weighted by molar-refractivity contribution is -0.137. The summed E-state index contributed by atoms with van der Waals surface area (Å²) in [6, 6.07) is -0.199. The van der Waals surface area contributed by atoms with Crippen molar-refractivity contribution in [2.45, 2.75) is 53.0 Å². The summed E-state index contributed by atoms with van der Waals surface area (Å²) in [5.74, 6) is -0.729. The number of hydrogen-bond donors (Lipinski definition) is 2. The highest BCUT2D eigenvalue weighted by Gasteiger charge is 2.19. The van der Waals surface area contributed by atoms with Crippen molar-refractivity contribution in [2.75, 3.05) is 13.1 Å². The number of hydrogen-bond acceptors (Lipinski definition) is 2. The van der Waals surface area contributed by atoms with Crippen molar-refractivity contribution < 1.29 is 14.7 Å². The van der Waals surface area contributed by atoms with Gasteiger partial charge >= 0.3 is 12.0 Å². The smallest absolute Gasteiger partial charge is 0.323 e. The Balaban J connectivity index is 4.31. The van der Waals surface area contributed by atoms with Gasteiger partial charge in [0.2, 0.25) is 0 Å². The highest BCUT2D eigenvalue weighted by atomic mass is 16.4. The Labute approximate surface area is 110 Å². The highest BCUT2D eigenvalue weighted by molar-refractivity contribution is 5.80. The summed E-state index contributed by atoms with van der Waals surface area (Å²) < 4.78 is 0. The van der Waals surface area contributed by atoms with Gasteiger partial charge < -0.3 is 15.3 Å². The number of nitrogens with zero attached hydrogens (tertiary/aromatic N) is 1. The number of carbonyl (C=O) groups excluding carboxylic acids is 1. The topological polar surface area (TPSA) is 69.6 Å². The molecule has 5 nitrogen and oxygen atoms in total. The third kappa shape index (κ3) is 7.92. The fourth-order valence-corrected chi connectivity index (χ4v) is 1.71. The maximum atomic E-state index is 11.9. The van der Waals surface area contributed by atoms with E-state index in [1.54, 1.807) is 0 Å². The lowest BCUT2D eigenvalue weighted by Gasteiger charge is -2.25. The molecule has 0 aromatic heterocycles. The van der Waals surface area contributed by atoms with E-state index in [4.69, 9.17) is 5.11 Å². The molecule has 0 aromatic carbocycles. The number of carboxylic acid groups (broad SMARTS) is 1. The van der Waals surface area contributed by atoms with Crippen molar-refractivity contribution in [3.8, 4) is 0 Å².